The van der Waals surface area contributed by atoms with E-state index in [1.54, 1.807) is 12.4 Å². The van der Waals surface area contributed by atoms with Gasteiger partial charge in [-0.15, -0.1) is 0 Å². The second kappa shape index (κ2) is 9.25. The van der Waals surface area contributed by atoms with Gasteiger partial charge in [-0.25, -0.2) is 0 Å². The summed E-state index contributed by atoms with van der Waals surface area (Å²) in [5, 5.41) is 6.56. The molecule has 3 heterocycles. The molecule has 0 unspecified atom stereocenters. The van der Waals surface area contributed by atoms with E-state index in [0.717, 1.165) is 31.7 Å². The van der Waals surface area contributed by atoms with Crippen LogP contribution in [-0.2, 0) is 11.3 Å². The highest BCUT2D eigenvalue weighted by Gasteiger charge is 2.16. The van der Waals surface area contributed by atoms with Gasteiger partial charge in [0.2, 0.25) is 17.8 Å². The Kier molecular flexibility index (Phi) is 6.50. The number of morpholine rings is 1. The number of anilines is 3. The fourth-order valence-electron chi connectivity index (χ4n) is 2.50. The Labute approximate surface area is 153 Å². The Morgan fingerprint density at radius 2 is 1.73 bits per heavy atom. The number of rotatable bonds is 8. The highest BCUT2D eigenvalue weighted by Crippen LogP contribution is 2.15. The van der Waals surface area contributed by atoms with E-state index in [1.165, 1.54) is 0 Å². The molecule has 26 heavy (non-hydrogen) atoms. The lowest BCUT2D eigenvalue weighted by Crippen LogP contribution is -2.37. The van der Waals surface area contributed by atoms with Crippen molar-refractivity contribution in [3.8, 4) is 0 Å². The molecule has 1 aliphatic heterocycles. The van der Waals surface area contributed by atoms with Crippen LogP contribution in [0.1, 0.15) is 5.56 Å². The molecule has 0 aliphatic carbocycles. The highest BCUT2D eigenvalue weighted by atomic mass is 16.5. The number of nitrogens with zero attached hydrogens (tertiary/aromatic N) is 6. The second-order valence-electron chi connectivity index (χ2n) is 6.32. The predicted molar refractivity (Wildman–Crippen MR) is 101 cm³/mol. The lowest BCUT2D eigenvalue weighted by Gasteiger charge is -2.27. The second-order valence-corrected chi connectivity index (χ2v) is 6.32. The summed E-state index contributed by atoms with van der Waals surface area (Å²) in [7, 11) is 4.08. The standard InChI is InChI=1S/C17H26N8O/c1-24(2)8-7-19-15-21-16(20-13-14-3-5-18-6-4-14)23-17(22-15)25-9-11-26-12-10-25/h3-6H,7-13H2,1-2H3,(H2,19,20,21,22,23). The largest absolute Gasteiger partial charge is 0.378 e. The van der Waals surface area contributed by atoms with E-state index in [9.17, 15) is 0 Å². The van der Waals surface area contributed by atoms with Crippen molar-refractivity contribution in [3.63, 3.8) is 0 Å². The van der Waals surface area contributed by atoms with Gasteiger partial charge in [-0.2, -0.15) is 15.0 Å². The molecule has 2 aromatic rings. The molecule has 0 spiro atoms. The summed E-state index contributed by atoms with van der Waals surface area (Å²) < 4.78 is 5.42. The number of pyridine rings is 1. The van der Waals surface area contributed by atoms with Crippen molar-refractivity contribution in [2.75, 3.05) is 69.0 Å². The van der Waals surface area contributed by atoms with Crippen molar-refractivity contribution < 1.29 is 4.74 Å². The maximum atomic E-state index is 5.42. The van der Waals surface area contributed by atoms with Crippen molar-refractivity contribution >= 4 is 17.8 Å². The van der Waals surface area contributed by atoms with Gasteiger partial charge in [0.15, 0.2) is 0 Å². The van der Waals surface area contributed by atoms with E-state index in [2.05, 4.69) is 40.4 Å². The SMILES string of the molecule is CN(C)CCNc1nc(NCc2ccncc2)nc(N2CCOCC2)n1. The topological polar surface area (TPSA) is 91.3 Å². The summed E-state index contributed by atoms with van der Waals surface area (Å²) in [6.45, 7) is 5.24. The predicted octanol–water partition coefficient (Wildman–Crippen LogP) is 0.689. The average molecular weight is 358 g/mol. The highest BCUT2D eigenvalue weighted by molar-refractivity contribution is 5.44. The molecule has 2 aromatic heterocycles. The molecule has 0 amide bonds. The number of likely N-dealkylation sites (N-methyl/N-ethyl adjacent to an activating group) is 1. The number of ether oxygens (including phenoxy) is 1. The van der Waals surface area contributed by atoms with E-state index in [0.29, 0.717) is 37.6 Å². The lowest BCUT2D eigenvalue weighted by atomic mass is 10.3. The first-order valence-corrected chi connectivity index (χ1v) is 8.81. The van der Waals surface area contributed by atoms with Crippen molar-refractivity contribution in [1.82, 2.24) is 24.8 Å². The van der Waals surface area contributed by atoms with Crippen LogP contribution >= 0.6 is 0 Å². The van der Waals surface area contributed by atoms with Crippen LogP contribution in [0.15, 0.2) is 24.5 Å². The van der Waals surface area contributed by atoms with Crippen molar-refractivity contribution in [3.05, 3.63) is 30.1 Å². The van der Waals surface area contributed by atoms with Crippen molar-refractivity contribution in [1.29, 1.82) is 0 Å². The van der Waals surface area contributed by atoms with Crippen LogP contribution in [0, 0.1) is 0 Å². The Bertz CT molecular complexity index is 676. The molecule has 9 heteroatoms. The molecular weight excluding hydrogens is 332 g/mol. The quantitative estimate of drug-likeness (QED) is 0.707. The number of hydrogen-bond donors (Lipinski definition) is 2. The Balaban J connectivity index is 1.72. The first-order valence-electron chi connectivity index (χ1n) is 8.81. The monoisotopic (exact) mass is 358 g/mol. The van der Waals surface area contributed by atoms with E-state index < -0.39 is 0 Å². The Morgan fingerprint density at radius 3 is 2.42 bits per heavy atom. The zero-order chi connectivity index (χ0) is 18.2. The Hall–Kier alpha value is -2.52. The van der Waals surface area contributed by atoms with Gasteiger partial charge in [0.1, 0.15) is 0 Å². The first-order chi connectivity index (χ1) is 12.7. The molecule has 3 rings (SSSR count). The minimum absolute atomic E-state index is 0.561. The fourth-order valence-corrected chi connectivity index (χ4v) is 2.50. The number of hydrogen-bond acceptors (Lipinski definition) is 9. The maximum Gasteiger partial charge on any atom is 0.232 e. The molecule has 140 valence electrons. The van der Waals surface area contributed by atoms with Gasteiger partial charge in [-0.1, -0.05) is 0 Å². The van der Waals surface area contributed by atoms with Crippen LogP contribution in [0.4, 0.5) is 17.8 Å². The first kappa shape index (κ1) is 18.3. The molecular formula is C17H26N8O. The normalized spacial score (nSPS) is 14.5. The molecule has 0 atom stereocenters. The maximum absolute atomic E-state index is 5.42. The number of nitrogens with one attached hydrogen (secondary N) is 2. The van der Waals surface area contributed by atoms with Gasteiger partial charge in [-0.3, -0.25) is 4.98 Å². The van der Waals surface area contributed by atoms with Gasteiger partial charge < -0.3 is 25.2 Å². The molecule has 0 radical (unpaired) electrons. The molecule has 9 nitrogen and oxygen atoms in total. The zero-order valence-electron chi connectivity index (χ0n) is 15.4. The fraction of sp³-hybridized carbons (Fsp3) is 0.529. The van der Waals surface area contributed by atoms with Gasteiger partial charge in [0.05, 0.1) is 13.2 Å². The van der Waals surface area contributed by atoms with Gasteiger partial charge in [-0.05, 0) is 31.8 Å². The summed E-state index contributed by atoms with van der Waals surface area (Å²) in [6, 6.07) is 3.93. The van der Waals surface area contributed by atoms with E-state index in [4.69, 9.17) is 4.74 Å². The minimum Gasteiger partial charge on any atom is -0.378 e. The van der Waals surface area contributed by atoms with E-state index >= 15 is 0 Å². The summed E-state index contributed by atoms with van der Waals surface area (Å²) in [6.07, 6.45) is 3.55. The van der Waals surface area contributed by atoms with E-state index in [-0.39, 0.29) is 0 Å². The third-order valence-corrected chi connectivity index (χ3v) is 3.96. The summed E-state index contributed by atoms with van der Waals surface area (Å²) in [4.78, 5) is 21.9. The minimum atomic E-state index is 0.561. The van der Waals surface area contributed by atoms with Crippen LogP contribution < -0.4 is 15.5 Å². The molecule has 0 saturated carbocycles. The third-order valence-electron chi connectivity index (χ3n) is 3.96. The zero-order valence-corrected chi connectivity index (χ0v) is 15.4. The van der Waals surface area contributed by atoms with E-state index in [1.807, 2.05) is 26.2 Å². The molecule has 0 bridgehead atoms. The van der Waals surface area contributed by atoms with Crippen LogP contribution in [0.2, 0.25) is 0 Å². The van der Waals surface area contributed by atoms with Crippen molar-refractivity contribution in [2.24, 2.45) is 0 Å². The summed E-state index contributed by atoms with van der Waals surface area (Å²) >= 11 is 0. The van der Waals surface area contributed by atoms with Gasteiger partial charge in [0.25, 0.3) is 0 Å². The average Bonchev–Trinajstić information content (AvgIpc) is 2.67. The van der Waals surface area contributed by atoms with Crippen LogP contribution in [-0.4, -0.2) is 78.3 Å². The van der Waals surface area contributed by atoms with Crippen LogP contribution in [0.25, 0.3) is 0 Å². The van der Waals surface area contributed by atoms with Gasteiger partial charge >= 0.3 is 0 Å². The third kappa shape index (κ3) is 5.50. The summed E-state index contributed by atoms with van der Waals surface area (Å²) in [5.41, 5.74) is 1.12. The Morgan fingerprint density at radius 1 is 1.04 bits per heavy atom. The molecule has 0 aromatic carbocycles. The number of aromatic nitrogens is 4. The van der Waals surface area contributed by atoms with Crippen LogP contribution in [0.3, 0.4) is 0 Å². The van der Waals surface area contributed by atoms with Gasteiger partial charge in [0, 0.05) is 45.1 Å². The lowest BCUT2D eigenvalue weighted by molar-refractivity contribution is 0.122. The molecule has 1 saturated heterocycles. The molecule has 1 aliphatic rings. The molecule has 2 N–H and O–H groups in total. The molecule has 1 fully saturated rings. The van der Waals surface area contributed by atoms with Crippen molar-refractivity contribution in [2.45, 2.75) is 6.54 Å². The van der Waals surface area contributed by atoms with Crippen LogP contribution in [0.5, 0.6) is 0 Å². The summed E-state index contributed by atoms with van der Waals surface area (Å²) in [5.74, 6) is 1.82. The smallest absolute Gasteiger partial charge is 0.232 e.